The first kappa shape index (κ1) is 14.8. The summed E-state index contributed by atoms with van der Waals surface area (Å²) in [4.78, 5) is 12.1. The summed E-state index contributed by atoms with van der Waals surface area (Å²) in [6.45, 7) is 4.67. The molecule has 0 aliphatic rings. The first-order valence-corrected chi connectivity index (χ1v) is 7.98. The average molecular weight is 308 g/mol. The summed E-state index contributed by atoms with van der Waals surface area (Å²) < 4.78 is 0.789. The molecule has 0 radical (unpaired) electrons. The zero-order valence-corrected chi connectivity index (χ0v) is 12.9. The van der Waals surface area contributed by atoms with E-state index in [2.05, 4.69) is 20.8 Å². The number of carbonyl (C=O) groups is 1. The van der Waals surface area contributed by atoms with Gasteiger partial charge in [-0.1, -0.05) is 41.3 Å². The number of carbonyl (C=O) groups excluding carboxylic acids is 1. The molecule has 1 unspecified atom stereocenters. The molecule has 5 nitrogen and oxygen atoms in total. The molecular formula is C13H16N4OS2. The van der Waals surface area contributed by atoms with Gasteiger partial charge in [0.05, 0.1) is 5.25 Å². The smallest absolute Gasteiger partial charge is 0.237 e. The number of benzene rings is 1. The number of hydrogen-bond acceptors (Lipinski definition) is 6. The summed E-state index contributed by atoms with van der Waals surface area (Å²) in [6, 6.07) is 9.42. The van der Waals surface area contributed by atoms with E-state index < -0.39 is 0 Å². The van der Waals surface area contributed by atoms with Crippen LogP contribution in [0.2, 0.25) is 0 Å². The predicted molar refractivity (Wildman–Crippen MR) is 84.5 cm³/mol. The second-order valence-corrected chi connectivity index (χ2v) is 6.58. The minimum Gasteiger partial charge on any atom is -0.360 e. The molecule has 0 saturated carbocycles. The quantitative estimate of drug-likeness (QED) is 0.803. The van der Waals surface area contributed by atoms with Crippen LogP contribution in [0.15, 0.2) is 34.7 Å². The number of anilines is 2. The number of aromatic nitrogens is 2. The Morgan fingerprint density at radius 1 is 1.35 bits per heavy atom. The van der Waals surface area contributed by atoms with E-state index in [1.54, 1.807) is 0 Å². The Bertz CT molecular complexity index is 559. The van der Waals surface area contributed by atoms with Crippen molar-refractivity contribution >= 4 is 39.8 Å². The molecule has 1 heterocycles. The van der Waals surface area contributed by atoms with Gasteiger partial charge in [-0.25, -0.2) is 0 Å². The molecule has 2 N–H and O–H groups in total. The first-order valence-electron chi connectivity index (χ1n) is 6.29. The monoisotopic (exact) mass is 308 g/mol. The van der Waals surface area contributed by atoms with E-state index in [9.17, 15) is 4.79 Å². The lowest BCUT2D eigenvalue weighted by atomic mass is 10.3. The molecule has 1 atom stereocenters. The summed E-state index contributed by atoms with van der Waals surface area (Å²) in [5, 5.41) is 14.6. The van der Waals surface area contributed by atoms with Gasteiger partial charge in [0.1, 0.15) is 0 Å². The molecule has 1 amide bonds. The van der Waals surface area contributed by atoms with Crippen molar-refractivity contribution in [2.75, 3.05) is 17.2 Å². The standard InChI is InChI=1S/C13H16N4OS2/c1-3-14-12-16-17-13(20-12)19-9(2)11(18)15-10-7-5-4-6-8-10/h4-9H,3H2,1-2H3,(H,14,16)(H,15,18). The number of nitrogens with one attached hydrogen (secondary N) is 2. The van der Waals surface area contributed by atoms with Crippen LogP contribution in [0, 0.1) is 0 Å². The third kappa shape index (κ3) is 4.21. The second-order valence-electron chi connectivity index (χ2n) is 4.02. The normalized spacial score (nSPS) is 11.9. The van der Waals surface area contributed by atoms with Crippen molar-refractivity contribution in [2.45, 2.75) is 23.4 Å². The molecular weight excluding hydrogens is 292 g/mol. The van der Waals surface area contributed by atoms with Crippen LogP contribution in [0.1, 0.15) is 13.8 Å². The lowest BCUT2D eigenvalue weighted by Gasteiger charge is -2.09. The van der Waals surface area contributed by atoms with Crippen LogP contribution in [0.5, 0.6) is 0 Å². The molecule has 0 fully saturated rings. The topological polar surface area (TPSA) is 66.9 Å². The highest BCUT2D eigenvalue weighted by Gasteiger charge is 2.17. The maximum Gasteiger partial charge on any atom is 0.237 e. The highest BCUT2D eigenvalue weighted by atomic mass is 32.2. The van der Waals surface area contributed by atoms with Crippen LogP contribution in [0.4, 0.5) is 10.8 Å². The third-order valence-electron chi connectivity index (χ3n) is 2.42. The molecule has 7 heteroatoms. The van der Waals surface area contributed by atoms with Crippen LogP contribution in [-0.2, 0) is 4.79 Å². The molecule has 0 aliphatic heterocycles. The van der Waals surface area contributed by atoms with Gasteiger partial charge in [-0.05, 0) is 26.0 Å². The van der Waals surface area contributed by atoms with Gasteiger partial charge in [0.15, 0.2) is 4.34 Å². The van der Waals surface area contributed by atoms with Crippen LogP contribution in [0.25, 0.3) is 0 Å². The molecule has 0 bridgehead atoms. The van der Waals surface area contributed by atoms with E-state index in [4.69, 9.17) is 0 Å². The number of thioether (sulfide) groups is 1. The number of para-hydroxylation sites is 1. The van der Waals surface area contributed by atoms with Crippen LogP contribution >= 0.6 is 23.1 Å². The maximum absolute atomic E-state index is 12.1. The van der Waals surface area contributed by atoms with Crippen molar-refractivity contribution in [1.29, 1.82) is 0 Å². The minimum atomic E-state index is -0.224. The molecule has 0 aliphatic carbocycles. The Labute approximate surface area is 126 Å². The molecule has 2 aromatic rings. The summed E-state index contributed by atoms with van der Waals surface area (Å²) in [5.41, 5.74) is 0.801. The highest BCUT2D eigenvalue weighted by molar-refractivity contribution is 8.02. The van der Waals surface area contributed by atoms with Gasteiger partial charge in [-0.2, -0.15) is 0 Å². The van der Waals surface area contributed by atoms with Gasteiger partial charge in [-0.15, -0.1) is 10.2 Å². The molecule has 0 saturated heterocycles. The fourth-order valence-corrected chi connectivity index (χ4v) is 3.41. The van der Waals surface area contributed by atoms with Crippen LogP contribution in [0.3, 0.4) is 0 Å². The van der Waals surface area contributed by atoms with Crippen molar-refractivity contribution in [2.24, 2.45) is 0 Å². The number of nitrogens with zero attached hydrogens (tertiary/aromatic N) is 2. The molecule has 1 aromatic carbocycles. The zero-order chi connectivity index (χ0) is 14.4. The molecule has 20 heavy (non-hydrogen) atoms. The van der Waals surface area contributed by atoms with Crippen molar-refractivity contribution in [3.63, 3.8) is 0 Å². The lowest BCUT2D eigenvalue weighted by molar-refractivity contribution is -0.115. The van der Waals surface area contributed by atoms with Gasteiger partial charge in [0.25, 0.3) is 0 Å². The van der Waals surface area contributed by atoms with Crippen molar-refractivity contribution < 1.29 is 4.79 Å². The minimum absolute atomic E-state index is 0.0404. The molecule has 0 spiro atoms. The van der Waals surface area contributed by atoms with Crippen LogP contribution < -0.4 is 10.6 Å². The van der Waals surface area contributed by atoms with E-state index in [0.717, 1.165) is 21.7 Å². The largest absolute Gasteiger partial charge is 0.360 e. The van der Waals surface area contributed by atoms with E-state index in [1.807, 2.05) is 44.2 Å². The molecule has 106 valence electrons. The Kier molecular flexibility index (Phi) is 5.37. The highest BCUT2D eigenvalue weighted by Crippen LogP contribution is 2.29. The summed E-state index contributed by atoms with van der Waals surface area (Å²) in [7, 11) is 0. The summed E-state index contributed by atoms with van der Waals surface area (Å²) in [6.07, 6.45) is 0. The van der Waals surface area contributed by atoms with E-state index in [-0.39, 0.29) is 11.2 Å². The van der Waals surface area contributed by atoms with Crippen molar-refractivity contribution in [3.05, 3.63) is 30.3 Å². The van der Waals surface area contributed by atoms with Gasteiger partial charge >= 0.3 is 0 Å². The Morgan fingerprint density at radius 2 is 2.10 bits per heavy atom. The molecule has 2 rings (SSSR count). The SMILES string of the molecule is CCNc1nnc(SC(C)C(=O)Nc2ccccc2)s1. The second kappa shape index (κ2) is 7.25. The van der Waals surface area contributed by atoms with Gasteiger partial charge < -0.3 is 10.6 Å². The molecule has 1 aromatic heterocycles. The number of hydrogen-bond donors (Lipinski definition) is 2. The van der Waals surface area contributed by atoms with Crippen LogP contribution in [-0.4, -0.2) is 27.9 Å². The Hall–Kier alpha value is -1.60. The number of rotatable bonds is 6. The average Bonchev–Trinajstić information content (AvgIpc) is 2.87. The van der Waals surface area contributed by atoms with Gasteiger partial charge in [0.2, 0.25) is 11.0 Å². The Morgan fingerprint density at radius 3 is 2.80 bits per heavy atom. The van der Waals surface area contributed by atoms with E-state index in [1.165, 1.54) is 23.1 Å². The zero-order valence-electron chi connectivity index (χ0n) is 11.3. The van der Waals surface area contributed by atoms with Crippen molar-refractivity contribution in [1.82, 2.24) is 10.2 Å². The van der Waals surface area contributed by atoms with E-state index in [0.29, 0.717) is 0 Å². The summed E-state index contributed by atoms with van der Waals surface area (Å²) >= 11 is 2.87. The fourth-order valence-electron chi connectivity index (χ4n) is 1.45. The van der Waals surface area contributed by atoms with E-state index >= 15 is 0 Å². The fraction of sp³-hybridized carbons (Fsp3) is 0.308. The summed E-state index contributed by atoms with van der Waals surface area (Å²) in [5.74, 6) is -0.0404. The van der Waals surface area contributed by atoms with Gasteiger partial charge in [0, 0.05) is 12.2 Å². The third-order valence-corrected chi connectivity index (χ3v) is 4.49. The van der Waals surface area contributed by atoms with Crippen molar-refractivity contribution in [3.8, 4) is 0 Å². The van der Waals surface area contributed by atoms with Gasteiger partial charge in [-0.3, -0.25) is 4.79 Å². The number of amides is 1. The first-order chi connectivity index (χ1) is 9.69. The maximum atomic E-state index is 12.1. The predicted octanol–water partition coefficient (Wildman–Crippen LogP) is 3.09. The lowest BCUT2D eigenvalue weighted by Crippen LogP contribution is -2.22. The Balaban J connectivity index is 1.90.